The predicted molar refractivity (Wildman–Crippen MR) is 47.9 cm³/mol. The summed E-state index contributed by atoms with van der Waals surface area (Å²) in [7, 11) is 1.29. The zero-order chi connectivity index (χ0) is 10.8. The molecular formula is C8H15NO5. The molecule has 0 saturated carbocycles. The first-order chi connectivity index (χ1) is 6.66. The zero-order valence-electron chi connectivity index (χ0n) is 8.37. The summed E-state index contributed by atoms with van der Waals surface area (Å²) in [6, 6.07) is 0. The molecule has 0 aliphatic rings. The summed E-state index contributed by atoms with van der Waals surface area (Å²) in [6.45, 7) is 2.61. The van der Waals surface area contributed by atoms with E-state index in [1.165, 1.54) is 14.0 Å². The fourth-order valence-corrected chi connectivity index (χ4v) is 0.644. The van der Waals surface area contributed by atoms with Crippen LogP contribution >= 0.6 is 0 Å². The quantitative estimate of drug-likeness (QED) is 0.485. The number of hydrogen-bond acceptors (Lipinski definition) is 5. The van der Waals surface area contributed by atoms with Gasteiger partial charge in [0, 0.05) is 13.5 Å². The highest BCUT2D eigenvalue weighted by Crippen LogP contribution is 1.79. The summed E-state index contributed by atoms with van der Waals surface area (Å²) < 4.78 is 14.0. The van der Waals surface area contributed by atoms with Gasteiger partial charge in [-0.3, -0.25) is 4.79 Å². The third kappa shape index (κ3) is 8.79. The lowest BCUT2D eigenvalue weighted by atomic mass is 10.6. The van der Waals surface area contributed by atoms with Crippen LogP contribution in [0.1, 0.15) is 6.92 Å². The highest BCUT2D eigenvalue weighted by atomic mass is 16.6. The fourth-order valence-electron chi connectivity index (χ4n) is 0.644. The van der Waals surface area contributed by atoms with E-state index in [9.17, 15) is 9.59 Å². The Kier molecular flexibility index (Phi) is 7.53. The van der Waals surface area contributed by atoms with Crippen LogP contribution in [-0.2, 0) is 19.0 Å². The van der Waals surface area contributed by atoms with Gasteiger partial charge < -0.3 is 19.5 Å². The molecule has 0 aliphatic carbocycles. The second-order valence-corrected chi connectivity index (χ2v) is 2.37. The Labute approximate surface area is 82.5 Å². The molecule has 0 spiro atoms. The van der Waals surface area contributed by atoms with Crippen molar-refractivity contribution in [2.75, 3.05) is 33.5 Å². The lowest BCUT2D eigenvalue weighted by molar-refractivity contribution is -0.142. The molecule has 0 unspecified atom stereocenters. The number of hydrogen-bond donors (Lipinski definition) is 1. The number of rotatable bonds is 6. The van der Waals surface area contributed by atoms with Crippen molar-refractivity contribution in [1.29, 1.82) is 0 Å². The van der Waals surface area contributed by atoms with E-state index in [0.717, 1.165) is 0 Å². The van der Waals surface area contributed by atoms with Gasteiger partial charge in [0.15, 0.2) is 0 Å². The minimum atomic E-state index is -0.492. The molecule has 0 saturated heterocycles. The van der Waals surface area contributed by atoms with Crippen LogP contribution in [0.15, 0.2) is 0 Å². The van der Waals surface area contributed by atoms with Gasteiger partial charge >= 0.3 is 12.1 Å². The van der Waals surface area contributed by atoms with E-state index in [0.29, 0.717) is 19.8 Å². The predicted octanol–water partition coefficient (Wildman–Crippen LogP) is -0.0779. The Morgan fingerprint density at radius 1 is 1.21 bits per heavy atom. The third-order valence-corrected chi connectivity index (χ3v) is 1.23. The first kappa shape index (κ1) is 12.7. The Balaban J connectivity index is 3.06. The van der Waals surface area contributed by atoms with Gasteiger partial charge in [0.05, 0.1) is 20.3 Å². The van der Waals surface area contributed by atoms with Crippen molar-refractivity contribution in [3.63, 3.8) is 0 Å². The van der Waals surface area contributed by atoms with Crippen molar-refractivity contribution in [1.82, 2.24) is 5.32 Å². The summed E-state index contributed by atoms with van der Waals surface area (Å²) in [5, 5.41) is 2.44. The molecular weight excluding hydrogens is 190 g/mol. The monoisotopic (exact) mass is 205 g/mol. The van der Waals surface area contributed by atoms with E-state index in [1.807, 2.05) is 0 Å². The first-order valence-electron chi connectivity index (χ1n) is 4.19. The SMILES string of the molecule is COC(=O)NCCOCCOC(C)=O. The third-order valence-electron chi connectivity index (χ3n) is 1.23. The van der Waals surface area contributed by atoms with Gasteiger partial charge in [0.1, 0.15) is 6.61 Å². The van der Waals surface area contributed by atoms with Crippen LogP contribution in [0.3, 0.4) is 0 Å². The number of ether oxygens (including phenoxy) is 3. The van der Waals surface area contributed by atoms with Gasteiger partial charge in [-0.05, 0) is 0 Å². The summed E-state index contributed by atoms with van der Waals surface area (Å²) in [5.41, 5.74) is 0. The van der Waals surface area contributed by atoms with Crippen molar-refractivity contribution in [2.45, 2.75) is 6.92 Å². The van der Waals surface area contributed by atoms with Gasteiger partial charge in [-0.2, -0.15) is 0 Å². The summed E-state index contributed by atoms with van der Waals surface area (Å²) in [6.07, 6.45) is -0.492. The smallest absolute Gasteiger partial charge is 0.406 e. The molecule has 0 aromatic heterocycles. The van der Waals surface area contributed by atoms with E-state index >= 15 is 0 Å². The van der Waals surface area contributed by atoms with Crippen LogP contribution in [0.25, 0.3) is 0 Å². The van der Waals surface area contributed by atoms with E-state index in [1.54, 1.807) is 0 Å². The van der Waals surface area contributed by atoms with Crippen molar-refractivity contribution < 1.29 is 23.8 Å². The number of nitrogens with one attached hydrogen (secondary N) is 1. The molecule has 0 fully saturated rings. The average molecular weight is 205 g/mol. The maximum absolute atomic E-state index is 10.5. The average Bonchev–Trinajstić information content (AvgIpc) is 2.15. The topological polar surface area (TPSA) is 73.9 Å². The fraction of sp³-hybridized carbons (Fsp3) is 0.750. The molecule has 0 rings (SSSR count). The molecule has 6 heteroatoms. The lowest BCUT2D eigenvalue weighted by Crippen LogP contribution is -2.27. The molecule has 1 N–H and O–H groups in total. The molecule has 0 aromatic rings. The molecule has 0 heterocycles. The van der Waals surface area contributed by atoms with Crippen molar-refractivity contribution >= 4 is 12.1 Å². The molecule has 0 radical (unpaired) electrons. The minimum Gasteiger partial charge on any atom is -0.463 e. The number of methoxy groups -OCH3 is 1. The van der Waals surface area contributed by atoms with Crippen molar-refractivity contribution in [3.8, 4) is 0 Å². The van der Waals surface area contributed by atoms with E-state index in [4.69, 9.17) is 4.74 Å². The van der Waals surface area contributed by atoms with Crippen LogP contribution in [0, 0.1) is 0 Å². The van der Waals surface area contributed by atoms with E-state index in [2.05, 4.69) is 14.8 Å². The normalized spacial score (nSPS) is 9.29. The summed E-state index contributed by atoms with van der Waals surface area (Å²) >= 11 is 0. The summed E-state index contributed by atoms with van der Waals surface area (Å²) in [5.74, 6) is -0.332. The van der Waals surface area contributed by atoms with Crippen LogP contribution < -0.4 is 5.32 Å². The molecule has 6 nitrogen and oxygen atoms in total. The lowest BCUT2D eigenvalue weighted by Gasteiger charge is -2.05. The molecule has 0 aromatic carbocycles. The molecule has 0 atom stereocenters. The van der Waals surface area contributed by atoms with Gasteiger partial charge in [-0.1, -0.05) is 0 Å². The van der Waals surface area contributed by atoms with Crippen LogP contribution in [0.5, 0.6) is 0 Å². The van der Waals surface area contributed by atoms with Gasteiger partial charge in [-0.25, -0.2) is 4.79 Å². The standard InChI is InChI=1S/C8H15NO5/c1-7(10)14-6-5-13-4-3-9-8(11)12-2/h3-6H2,1-2H3,(H,9,11). The highest BCUT2D eigenvalue weighted by Gasteiger charge is 1.96. The van der Waals surface area contributed by atoms with Gasteiger partial charge in [-0.15, -0.1) is 0 Å². The Morgan fingerprint density at radius 3 is 2.50 bits per heavy atom. The Hall–Kier alpha value is -1.30. The van der Waals surface area contributed by atoms with E-state index < -0.39 is 6.09 Å². The second kappa shape index (κ2) is 8.31. The van der Waals surface area contributed by atoms with Crippen LogP contribution in [0.4, 0.5) is 4.79 Å². The van der Waals surface area contributed by atoms with Gasteiger partial charge in [0.2, 0.25) is 0 Å². The van der Waals surface area contributed by atoms with Crippen molar-refractivity contribution in [3.05, 3.63) is 0 Å². The number of carbonyl (C=O) groups excluding carboxylic acids is 2. The molecule has 0 bridgehead atoms. The van der Waals surface area contributed by atoms with Crippen LogP contribution in [0.2, 0.25) is 0 Å². The summed E-state index contributed by atoms with van der Waals surface area (Å²) in [4.78, 5) is 20.8. The molecule has 1 amide bonds. The molecule has 82 valence electrons. The number of carbonyl (C=O) groups is 2. The first-order valence-corrected chi connectivity index (χ1v) is 4.19. The maximum atomic E-state index is 10.5. The largest absolute Gasteiger partial charge is 0.463 e. The number of amides is 1. The maximum Gasteiger partial charge on any atom is 0.406 e. The van der Waals surface area contributed by atoms with Crippen LogP contribution in [-0.4, -0.2) is 45.5 Å². The Bertz CT molecular complexity index is 183. The molecule has 14 heavy (non-hydrogen) atoms. The number of esters is 1. The zero-order valence-corrected chi connectivity index (χ0v) is 8.37. The highest BCUT2D eigenvalue weighted by molar-refractivity contribution is 5.66. The van der Waals surface area contributed by atoms with Crippen molar-refractivity contribution in [2.24, 2.45) is 0 Å². The molecule has 0 aliphatic heterocycles. The number of alkyl carbamates (subject to hydrolysis) is 1. The van der Waals surface area contributed by atoms with Gasteiger partial charge in [0.25, 0.3) is 0 Å². The van der Waals surface area contributed by atoms with E-state index in [-0.39, 0.29) is 12.6 Å². The second-order valence-electron chi connectivity index (χ2n) is 2.37. The minimum absolute atomic E-state index is 0.230. The Morgan fingerprint density at radius 2 is 1.93 bits per heavy atom.